The minimum atomic E-state index is -2.27. The molecule has 1 fully saturated rings. The molecule has 0 aromatic heterocycles. The van der Waals surface area contributed by atoms with Crippen LogP contribution in [0.2, 0.25) is 0 Å². The molecule has 0 radical (unpaired) electrons. The largest absolute Gasteiger partial charge is 0.623 e. The van der Waals surface area contributed by atoms with E-state index in [-0.39, 0.29) is 6.54 Å². The SMILES string of the molecule is CCCCCCCCCCCNC(=O)OCC(C)(COC(=O)NCCCCCCCCCCC)/[N+]([O-])=C/c1ccc(CNC(=O)[C@H](O)[C@@H](O)[C@H](OO[C@@H]2O[C@H](CO)[C@@H](O)[C@H](O)[C@H]2O)[C@H](O)CO)cc1. The Morgan fingerprint density at radius 3 is 1.67 bits per heavy atom. The van der Waals surface area contributed by atoms with Crippen molar-refractivity contribution in [2.75, 3.05) is 39.5 Å². The number of aliphatic hydroxyl groups excluding tert-OH is 8. The quantitative estimate of drug-likeness (QED) is 0.0114. The fourth-order valence-electron chi connectivity index (χ4n) is 7.32. The standard InChI is InChI=1S/C48H84N4O17/c1-4-6-8-10-12-14-16-18-20-26-49-46(62)65-32-48(3,33-66-47(63)50-27-21-19-17-15-13-11-9-7-5-2)52(64)29-35-24-22-34(23-25-35)28-51-44(61)41(59)40(58)43(36(55)30-53)68-69-45-42(60)39(57)38(56)37(31-54)67-45/h22-25,29,36-43,45,53-60H,4-21,26-28,30-33H2,1-3H3,(H,49,62)(H,50,63)(H,51,61)/b52-29-/t36-,37-,38-,39+,40-,41-,42-,43-,45+/m1/s1. The van der Waals surface area contributed by atoms with Gasteiger partial charge in [-0.2, -0.15) is 4.74 Å². The van der Waals surface area contributed by atoms with Crippen molar-refractivity contribution in [2.45, 2.75) is 204 Å². The van der Waals surface area contributed by atoms with Crippen LogP contribution in [0.1, 0.15) is 147 Å². The number of ether oxygens (including phenoxy) is 3. The van der Waals surface area contributed by atoms with Gasteiger partial charge in [-0.1, -0.05) is 129 Å². The summed E-state index contributed by atoms with van der Waals surface area (Å²) in [6, 6.07) is 6.21. The molecule has 1 aliphatic rings. The van der Waals surface area contributed by atoms with E-state index in [2.05, 4.69) is 29.8 Å². The smallest absolute Gasteiger partial charge is 0.407 e. The number of hydrogen-bond acceptors (Lipinski definition) is 17. The van der Waals surface area contributed by atoms with E-state index in [1.165, 1.54) is 77.3 Å². The molecular formula is C48H84N4O17. The molecule has 1 heterocycles. The van der Waals surface area contributed by atoms with Gasteiger partial charge < -0.3 is 76.2 Å². The molecule has 9 atom stereocenters. The van der Waals surface area contributed by atoms with Crippen LogP contribution < -0.4 is 16.0 Å². The second-order valence-corrected chi connectivity index (χ2v) is 18.1. The number of nitrogens with zero attached hydrogens (tertiary/aromatic N) is 1. The van der Waals surface area contributed by atoms with Crippen LogP contribution in [0.3, 0.4) is 0 Å². The number of hydrogen-bond donors (Lipinski definition) is 11. The van der Waals surface area contributed by atoms with Crippen LogP contribution in [-0.2, 0) is 35.3 Å². The highest BCUT2D eigenvalue weighted by Crippen LogP contribution is 2.24. The van der Waals surface area contributed by atoms with Crippen molar-refractivity contribution in [3.8, 4) is 0 Å². The minimum Gasteiger partial charge on any atom is -0.623 e. The molecule has 1 aliphatic heterocycles. The number of alkyl carbamates (subject to hydrolysis) is 2. The number of nitrogens with one attached hydrogen (secondary N) is 3. The van der Waals surface area contributed by atoms with Gasteiger partial charge in [0.25, 0.3) is 5.91 Å². The summed E-state index contributed by atoms with van der Waals surface area (Å²) in [4.78, 5) is 48.1. The topological polar surface area (TPSA) is 321 Å². The maximum Gasteiger partial charge on any atom is 0.407 e. The molecule has 0 bridgehead atoms. The molecule has 21 nitrogen and oxygen atoms in total. The molecule has 1 saturated heterocycles. The second-order valence-electron chi connectivity index (χ2n) is 18.1. The lowest BCUT2D eigenvalue weighted by atomic mass is 9.99. The Balaban J connectivity index is 2.01. The Kier molecular flexibility index (Phi) is 31.5. The Hall–Kier alpha value is -3.74. The van der Waals surface area contributed by atoms with Crippen LogP contribution in [0, 0.1) is 5.21 Å². The van der Waals surface area contributed by atoms with Gasteiger partial charge in [0, 0.05) is 32.1 Å². The molecule has 3 amide bonds. The van der Waals surface area contributed by atoms with Gasteiger partial charge in [0.2, 0.25) is 11.8 Å². The van der Waals surface area contributed by atoms with Crippen LogP contribution >= 0.6 is 0 Å². The molecule has 11 N–H and O–H groups in total. The fraction of sp³-hybridized carbons (Fsp3) is 0.792. The van der Waals surface area contributed by atoms with Crippen molar-refractivity contribution < 1.29 is 84.0 Å². The van der Waals surface area contributed by atoms with Gasteiger partial charge in [-0.3, -0.25) is 4.79 Å². The van der Waals surface area contributed by atoms with Crippen molar-refractivity contribution in [2.24, 2.45) is 0 Å². The second kappa shape index (κ2) is 35.4. The highest BCUT2D eigenvalue weighted by Gasteiger charge is 2.46. The normalized spacial score (nSPS) is 20.4. The number of carbonyl (C=O) groups is 3. The van der Waals surface area contributed by atoms with Crippen molar-refractivity contribution >= 4 is 24.3 Å². The van der Waals surface area contributed by atoms with E-state index in [4.69, 9.17) is 24.0 Å². The average molecular weight is 989 g/mol. The third-order valence-corrected chi connectivity index (χ3v) is 12.0. The number of aliphatic hydroxyl groups is 8. The van der Waals surface area contributed by atoms with Gasteiger partial charge in [0.05, 0.1) is 13.2 Å². The number of benzene rings is 1. The molecule has 1 aromatic rings. The highest BCUT2D eigenvalue weighted by atomic mass is 17.2. The zero-order valence-corrected chi connectivity index (χ0v) is 41.0. The van der Waals surface area contributed by atoms with Crippen LogP contribution in [-0.4, -0.2) is 170 Å². The molecule has 0 saturated carbocycles. The zero-order chi connectivity index (χ0) is 51.0. The number of carbonyl (C=O) groups excluding carboxylic acids is 3. The molecule has 0 unspecified atom stereocenters. The predicted octanol–water partition coefficient (Wildman–Crippen LogP) is 2.70. The van der Waals surface area contributed by atoms with E-state index in [0.717, 1.165) is 51.4 Å². The van der Waals surface area contributed by atoms with Gasteiger partial charge in [0.1, 0.15) is 42.7 Å². The molecule has 69 heavy (non-hydrogen) atoms. The van der Waals surface area contributed by atoms with Gasteiger partial charge in [-0.05, 0) is 30.5 Å². The maximum absolute atomic E-state index is 13.7. The Bertz CT molecular complexity index is 1530. The maximum atomic E-state index is 13.7. The lowest BCUT2D eigenvalue weighted by Gasteiger charge is -2.39. The van der Waals surface area contributed by atoms with E-state index in [1.807, 2.05) is 0 Å². The number of hydroxylamine groups is 1. The molecule has 0 spiro atoms. The Labute approximate surface area is 407 Å². The van der Waals surface area contributed by atoms with E-state index in [1.54, 1.807) is 24.3 Å². The molecule has 2 rings (SSSR count). The number of unbranched alkanes of at least 4 members (excludes halogenated alkanes) is 16. The third kappa shape index (κ3) is 23.8. The van der Waals surface area contributed by atoms with Crippen LogP contribution in [0.15, 0.2) is 24.3 Å². The summed E-state index contributed by atoms with van der Waals surface area (Å²) < 4.78 is 16.6. The van der Waals surface area contributed by atoms with Crippen molar-refractivity contribution in [3.63, 3.8) is 0 Å². The fourth-order valence-corrected chi connectivity index (χ4v) is 7.32. The van der Waals surface area contributed by atoms with E-state index < -0.39 is 105 Å². The average Bonchev–Trinajstić information content (AvgIpc) is 3.35. The lowest BCUT2D eigenvalue weighted by molar-refractivity contribution is -0.547. The van der Waals surface area contributed by atoms with Crippen molar-refractivity contribution in [1.29, 1.82) is 0 Å². The Morgan fingerprint density at radius 2 is 1.20 bits per heavy atom. The first-order valence-corrected chi connectivity index (χ1v) is 24.9. The van der Waals surface area contributed by atoms with E-state index >= 15 is 0 Å². The first-order chi connectivity index (χ1) is 33.1. The van der Waals surface area contributed by atoms with Gasteiger partial charge >= 0.3 is 12.2 Å². The van der Waals surface area contributed by atoms with Crippen LogP contribution in [0.25, 0.3) is 0 Å². The van der Waals surface area contributed by atoms with E-state index in [9.17, 15) is 60.4 Å². The van der Waals surface area contributed by atoms with Gasteiger partial charge in [-0.15, -0.1) is 0 Å². The summed E-state index contributed by atoms with van der Waals surface area (Å²) in [5, 5.41) is 102. The molecule has 0 aliphatic carbocycles. The Morgan fingerprint density at radius 1 is 0.725 bits per heavy atom. The van der Waals surface area contributed by atoms with Crippen molar-refractivity contribution in [1.82, 2.24) is 16.0 Å². The van der Waals surface area contributed by atoms with Crippen LogP contribution in [0.4, 0.5) is 9.59 Å². The lowest BCUT2D eigenvalue weighted by Crippen LogP contribution is -2.60. The molecular weight excluding hydrogens is 905 g/mol. The van der Waals surface area contributed by atoms with E-state index in [0.29, 0.717) is 29.0 Å². The first kappa shape index (κ1) is 61.4. The van der Waals surface area contributed by atoms with Gasteiger partial charge in [-0.25, -0.2) is 19.4 Å². The monoisotopic (exact) mass is 989 g/mol. The summed E-state index contributed by atoms with van der Waals surface area (Å²) in [5.41, 5.74) is -0.668. The van der Waals surface area contributed by atoms with Crippen molar-refractivity contribution in [3.05, 3.63) is 40.6 Å². The summed E-state index contributed by atoms with van der Waals surface area (Å²) in [6.07, 6.45) is 2.87. The summed E-state index contributed by atoms with van der Waals surface area (Å²) >= 11 is 0. The van der Waals surface area contributed by atoms with Gasteiger partial charge in [0.15, 0.2) is 25.5 Å². The zero-order valence-electron chi connectivity index (χ0n) is 41.0. The summed E-state index contributed by atoms with van der Waals surface area (Å²) in [5.74, 6) is -1.14. The number of amides is 3. The summed E-state index contributed by atoms with van der Waals surface area (Å²) in [6.45, 7) is 3.84. The molecule has 1 aromatic carbocycles. The number of rotatable bonds is 37. The first-order valence-electron chi connectivity index (χ1n) is 24.9. The molecule has 21 heteroatoms. The minimum absolute atomic E-state index is 0.193. The molecule has 398 valence electrons. The highest BCUT2D eigenvalue weighted by molar-refractivity contribution is 5.81. The predicted molar refractivity (Wildman–Crippen MR) is 253 cm³/mol. The third-order valence-electron chi connectivity index (χ3n) is 12.0. The summed E-state index contributed by atoms with van der Waals surface area (Å²) in [7, 11) is 0. The van der Waals surface area contributed by atoms with Crippen LogP contribution in [0.5, 0.6) is 0 Å².